The molecule has 0 atom stereocenters. The average molecular weight is 230 g/mol. The van der Waals surface area contributed by atoms with Crippen molar-refractivity contribution < 1.29 is 0 Å². The number of rotatable bonds is 2. The Hall–Kier alpha value is -2.16. The van der Waals surface area contributed by atoms with Crippen molar-refractivity contribution in [3.05, 3.63) is 18.1 Å². The lowest BCUT2D eigenvalue weighted by Gasteiger charge is -2.19. The van der Waals surface area contributed by atoms with Crippen LogP contribution in [0.1, 0.15) is 26.6 Å². The third kappa shape index (κ3) is 2.50. The molecule has 0 aromatic carbocycles. The monoisotopic (exact) mass is 230 g/mol. The number of hydrogen-bond acceptors (Lipinski definition) is 5. The van der Waals surface area contributed by atoms with E-state index in [1.54, 1.807) is 16.8 Å². The molecular formula is C11H14N6. The van der Waals surface area contributed by atoms with Crippen LogP contribution in [0, 0.1) is 16.7 Å². The van der Waals surface area contributed by atoms with Gasteiger partial charge in [-0.1, -0.05) is 20.8 Å². The Morgan fingerprint density at radius 2 is 2.18 bits per heavy atom. The van der Waals surface area contributed by atoms with Crippen LogP contribution in [-0.4, -0.2) is 26.1 Å². The van der Waals surface area contributed by atoms with Crippen LogP contribution in [0.25, 0.3) is 5.65 Å². The van der Waals surface area contributed by atoms with Gasteiger partial charge in [-0.05, 0) is 5.41 Å². The van der Waals surface area contributed by atoms with E-state index in [0.717, 1.165) is 6.54 Å². The summed E-state index contributed by atoms with van der Waals surface area (Å²) in [7, 11) is 0. The molecule has 0 fully saturated rings. The van der Waals surface area contributed by atoms with Crippen LogP contribution in [0.4, 0.5) is 5.95 Å². The van der Waals surface area contributed by atoms with Crippen LogP contribution in [0.2, 0.25) is 0 Å². The molecule has 2 aromatic rings. The molecule has 2 rings (SSSR count). The Kier molecular flexibility index (Phi) is 2.68. The van der Waals surface area contributed by atoms with Gasteiger partial charge in [0.15, 0.2) is 5.65 Å². The van der Waals surface area contributed by atoms with E-state index in [9.17, 15) is 0 Å². The standard InChI is InChI=1S/C11H14N6/c1-11(2,3)7-13-10-16-8(6-12)15-9-4-5-14-17(9)10/h4-5H,7H2,1-3H3,(H,13,15,16). The first-order valence-electron chi connectivity index (χ1n) is 5.35. The summed E-state index contributed by atoms with van der Waals surface area (Å²) in [5.41, 5.74) is 0.741. The van der Waals surface area contributed by atoms with E-state index in [0.29, 0.717) is 11.6 Å². The molecule has 0 bridgehead atoms. The van der Waals surface area contributed by atoms with Crippen LogP contribution < -0.4 is 5.32 Å². The summed E-state index contributed by atoms with van der Waals surface area (Å²) in [6, 6.07) is 3.68. The summed E-state index contributed by atoms with van der Waals surface area (Å²) in [4.78, 5) is 8.16. The number of hydrogen-bond donors (Lipinski definition) is 1. The minimum Gasteiger partial charge on any atom is -0.354 e. The fraction of sp³-hybridized carbons (Fsp3) is 0.455. The fourth-order valence-electron chi connectivity index (χ4n) is 1.33. The number of nitrogens with zero attached hydrogens (tertiary/aromatic N) is 5. The molecule has 0 unspecified atom stereocenters. The van der Waals surface area contributed by atoms with Gasteiger partial charge in [0.05, 0.1) is 6.20 Å². The van der Waals surface area contributed by atoms with E-state index < -0.39 is 0 Å². The Labute approximate surface area is 99.3 Å². The number of nitrogens with one attached hydrogen (secondary N) is 1. The highest BCUT2D eigenvalue weighted by atomic mass is 15.3. The van der Waals surface area contributed by atoms with E-state index in [-0.39, 0.29) is 11.2 Å². The van der Waals surface area contributed by atoms with Gasteiger partial charge in [-0.15, -0.1) is 0 Å². The molecule has 0 aliphatic rings. The van der Waals surface area contributed by atoms with Crippen LogP contribution in [-0.2, 0) is 0 Å². The molecule has 0 spiro atoms. The van der Waals surface area contributed by atoms with Crippen molar-refractivity contribution in [2.24, 2.45) is 5.41 Å². The highest BCUT2D eigenvalue weighted by Crippen LogP contribution is 2.14. The van der Waals surface area contributed by atoms with Crippen molar-refractivity contribution in [2.45, 2.75) is 20.8 Å². The first kappa shape index (κ1) is 11.3. The second-order valence-corrected chi connectivity index (χ2v) is 5.00. The predicted octanol–water partition coefficient (Wildman–Crippen LogP) is 1.45. The zero-order valence-electron chi connectivity index (χ0n) is 10.1. The van der Waals surface area contributed by atoms with Gasteiger partial charge in [0.2, 0.25) is 11.8 Å². The molecule has 1 N–H and O–H groups in total. The lowest BCUT2D eigenvalue weighted by atomic mass is 9.97. The average Bonchev–Trinajstić information content (AvgIpc) is 2.72. The maximum atomic E-state index is 8.85. The summed E-state index contributed by atoms with van der Waals surface area (Å²) in [5.74, 6) is 0.695. The Bertz CT molecular complexity index is 572. The molecule has 0 saturated heterocycles. The third-order valence-electron chi connectivity index (χ3n) is 2.13. The lowest BCUT2D eigenvalue weighted by molar-refractivity contribution is 0.441. The zero-order valence-corrected chi connectivity index (χ0v) is 10.1. The van der Waals surface area contributed by atoms with Crippen LogP contribution in [0.15, 0.2) is 12.3 Å². The summed E-state index contributed by atoms with van der Waals surface area (Å²) in [6.45, 7) is 7.09. The topological polar surface area (TPSA) is 78.9 Å². The molecule has 2 aromatic heterocycles. The van der Waals surface area contributed by atoms with Gasteiger partial charge in [-0.2, -0.15) is 24.8 Å². The second-order valence-electron chi connectivity index (χ2n) is 5.00. The van der Waals surface area contributed by atoms with E-state index >= 15 is 0 Å². The number of anilines is 1. The maximum absolute atomic E-state index is 8.85. The second kappa shape index (κ2) is 4.01. The summed E-state index contributed by atoms with van der Waals surface area (Å²) >= 11 is 0. The van der Waals surface area contributed by atoms with E-state index in [1.165, 1.54) is 0 Å². The van der Waals surface area contributed by atoms with Crippen LogP contribution in [0.3, 0.4) is 0 Å². The van der Waals surface area contributed by atoms with E-state index in [4.69, 9.17) is 5.26 Å². The van der Waals surface area contributed by atoms with Crippen molar-refractivity contribution in [2.75, 3.05) is 11.9 Å². The van der Waals surface area contributed by atoms with Gasteiger partial charge in [-0.3, -0.25) is 0 Å². The summed E-state index contributed by atoms with van der Waals surface area (Å²) in [6.07, 6.45) is 1.63. The van der Waals surface area contributed by atoms with Gasteiger partial charge in [0.25, 0.3) is 0 Å². The molecule has 0 aliphatic carbocycles. The molecule has 88 valence electrons. The fourth-order valence-corrected chi connectivity index (χ4v) is 1.33. The number of fused-ring (bicyclic) bond motifs is 1. The summed E-state index contributed by atoms with van der Waals surface area (Å²) in [5, 5.41) is 16.2. The minimum absolute atomic E-state index is 0.122. The van der Waals surface area contributed by atoms with Gasteiger partial charge in [0, 0.05) is 12.6 Å². The highest BCUT2D eigenvalue weighted by Gasteiger charge is 2.13. The Morgan fingerprint density at radius 3 is 2.82 bits per heavy atom. The maximum Gasteiger partial charge on any atom is 0.237 e. The molecule has 0 aliphatic heterocycles. The molecule has 0 radical (unpaired) electrons. The first-order valence-corrected chi connectivity index (χ1v) is 5.35. The van der Waals surface area contributed by atoms with Crippen molar-refractivity contribution in [1.82, 2.24) is 19.6 Å². The minimum atomic E-state index is 0.122. The zero-order chi connectivity index (χ0) is 12.5. The Balaban J connectivity index is 2.38. The normalized spacial score (nSPS) is 11.4. The lowest BCUT2D eigenvalue weighted by Crippen LogP contribution is -2.21. The highest BCUT2D eigenvalue weighted by molar-refractivity contribution is 5.45. The SMILES string of the molecule is CC(C)(C)CNc1nc(C#N)nc2ccnn12. The van der Waals surface area contributed by atoms with Crippen molar-refractivity contribution in [3.8, 4) is 6.07 Å². The number of aromatic nitrogens is 4. The van der Waals surface area contributed by atoms with Crippen LogP contribution >= 0.6 is 0 Å². The molecule has 17 heavy (non-hydrogen) atoms. The molecule has 6 heteroatoms. The van der Waals surface area contributed by atoms with Crippen molar-refractivity contribution >= 4 is 11.6 Å². The molecule has 0 saturated carbocycles. The summed E-state index contributed by atoms with van der Waals surface area (Å²) < 4.78 is 1.59. The smallest absolute Gasteiger partial charge is 0.237 e. The van der Waals surface area contributed by atoms with Gasteiger partial charge < -0.3 is 5.32 Å². The molecule has 6 nitrogen and oxygen atoms in total. The third-order valence-corrected chi connectivity index (χ3v) is 2.13. The number of nitriles is 1. The van der Waals surface area contributed by atoms with E-state index in [2.05, 4.69) is 41.2 Å². The predicted molar refractivity (Wildman–Crippen MR) is 63.4 cm³/mol. The first-order chi connectivity index (χ1) is 7.99. The molecule has 2 heterocycles. The Morgan fingerprint density at radius 1 is 1.41 bits per heavy atom. The van der Waals surface area contributed by atoms with Gasteiger partial charge in [-0.25, -0.2) is 0 Å². The van der Waals surface area contributed by atoms with Gasteiger partial charge >= 0.3 is 0 Å². The molecular weight excluding hydrogens is 216 g/mol. The quantitative estimate of drug-likeness (QED) is 0.844. The van der Waals surface area contributed by atoms with Crippen molar-refractivity contribution in [1.29, 1.82) is 5.26 Å². The van der Waals surface area contributed by atoms with Crippen LogP contribution in [0.5, 0.6) is 0 Å². The largest absolute Gasteiger partial charge is 0.354 e. The van der Waals surface area contributed by atoms with Crippen molar-refractivity contribution in [3.63, 3.8) is 0 Å². The molecule has 0 amide bonds. The van der Waals surface area contributed by atoms with Gasteiger partial charge in [0.1, 0.15) is 6.07 Å². The van der Waals surface area contributed by atoms with E-state index in [1.807, 2.05) is 6.07 Å².